The van der Waals surface area contributed by atoms with Crippen molar-refractivity contribution in [1.29, 1.82) is 0 Å². The van der Waals surface area contributed by atoms with Crippen molar-refractivity contribution in [2.75, 3.05) is 11.1 Å². The molecule has 0 aliphatic heterocycles. The van der Waals surface area contributed by atoms with E-state index in [1.807, 2.05) is 13.0 Å². The molecular formula is C14H11BrClFN2O. The molecule has 0 spiro atoms. The second-order valence-corrected chi connectivity index (χ2v) is 5.59. The van der Waals surface area contributed by atoms with Gasteiger partial charge in [-0.3, -0.25) is 4.79 Å². The highest BCUT2D eigenvalue weighted by atomic mass is 79.9. The molecule has 2 rings (SSSR count). The maximum atomic E-state index is 13.1. The maximum absolute atomic E-state index is 13.1. The standard InChI is InChI=1S/C14H11BrClFN2O/c1-7-4-9(15)6-12(18)13(7)19-14(20)8-2-3-11(17)10(16)5-8/h2-6H,18H2,1H3,(H,19,20). The fourth-order valence-corrected chi connectivity index (χ4v) is 2.53. The lowest BCUT2D eigenvalue weighted by molar-refractivity contribution is 0.102. The molecule has 0 aliphatic rings. The number of nitrogens with two attached hydrogens (primary N) is 1. The second-order valence-electron chi connectivity index (χ2n) is 4.27. The lowest BCUT2D eigenvalue weighted by Crippen LogP contribution is -2.14. The van der Waals surface area contributed by atoms with Crippen LogP contribution in [0.25, 0.3) is 0 Å². The van der Waals surface area contributed by atoms with Gasteiger partial charge in [0.05, 0.1) is 16.4 Å². The first-order valence-electron chi connectivity index (χ1n) is 5.70. The van der Waals surface area contributed by atoms with Crippen LogP contribution in [0.15, 0.2) is 34.8 Å². The molecule has 2 aromatic rings. The van der Waals surface area contributed by atoms with E-state index in [4.69, 9.17) is 17.3 Å². The predicted octanol–water partition coefficient (Wildman–Crippen LogP) is 4.38. The Bertz CT molecular complexity index is 668. The van der Waals surface area contributed by atoms with Crippen LogP contribution in [-0.2, 0) is 0 Å². The Hall–Kier alpha value is -1.59. The van der Waals surface area contributed by atoms with E-state index in [9.17, 15) is 9.18 Å². The second kappa shape index (κ2) is 5.81. The maximum Gasteiger partial charge on any atom is 0.255 e. The van der Waals surface area contributed by atoms with E-state index in [0.29, 0.717) is 11.4 Å². The minimum absolute atomic E-state index is 0.0989. The number of halogens is 3. The van der Waals surface area contributed by atoms with Crippen LogP contribution in [0.2, 0.25) is 5.02 Å². The summed E-state index contributed by atoms with van der Waals surface area (Å²) >= 11 is 8.98. The van der Waals surface area contributed by atoms with Gasteiger partial charge in [-0.05, 0) is 42.8 Å². The molecule has 2 aromatic carbocycles. The van der Waals surface area contributed by atoms with Gasteiger partial charge in [-0.2, -0.15) is 0 Å². The van der Waals surface area contributed by atoms with Crippen molar-refractivity contribution in [3.05, 3.63) is 56.8 Å². The van der Waals surface area contributed by atoms with E-state index >= 15 is 0 Å². The number of aryl methyl sites for hydroxylation is 1. The van der Waals surface area contributed by atoms with Gasteiger partial charge < -0.3 is 11.1 Å². The molecule has 104 valence electrons. The number of nitrogens with one attached hydrogen (secondary N) is 1. The number of hydrogen-bond donors (Lipinski definition) is 2. The minimum atomic E-state index is -0.567. The van der Waals surface area contributed by atoms with Gasteiger partial charge in [-0.25, -0.2) is 4.39 Å². The van der Waals surface area contributed by atoms with Crippen LogP contribution in [0.5, 0.6) is 0 Å². The number of rotatable bonds is 2. The SMILES string of the molecule is Cc1cc(Br)cc(N)c1NC(=O)c1ccc(F)c(Cl)c1. The van der Waals surface area contributed by atoms with Gasteiger partial charge in [0, 0.05) is 10.0 Å². The first kappa shape index (κ1) is 14.8. The van der Waals surface area contributed by atoms with Gasteiger partial charge in [0.15, 0.2) is 0 Å². The van der Waals surface area contributed by atoms with Crippen LogP contribution < -0.4 is 11.1 Å². The average molecular weight is 358 g/mol. The van der Waals surface area contributed by atoms with Crippen molar-refractivity contribution < 1.29 is 9.18 Å². The Balaban J connectivity index is 2.30. The van der Waals surface area contributed by atoms with Crippen molar-refractivity contribution in [3.63, 3.8) is 0 Å². The van der Waals surface area contributed by atoms with Crippen LogP contribution in [0.3, 0.4) is 0 Å². The molecule has 3 nitrogen and oxygen atoms in total. The number of amides is 1. The average Bonchev–Trinajstić information content (AvgIpc) is 2.36. The van der Waals surface area contributed by atoms with E-state index in [-0.39, 0.29) is 10.6 Å². The van der Waals surface area contributed by atoms with E-state index < -0.39 is 11.7 Å². The Morgan fingerprint density at radius 2 is 2.05 bits per heavy atom. The highest BCUT2D eigenvalue weighted by Gasteiger charge is 2.12. The fourth-order valence-electron chi connectivity index (χ4n) is 1.76. The molecule has 0 aromatic heterocycles. The Morgan fingerprint density at radius 3 is 2.65 bits per heavy atom. The molecule has 0 saturated carbocycles. The summed E-state index contributed by atoms with van der Waals surface area (Å²) in [6.45, 7) is 1.83. The molecule has 0 bridgehead atoms. The number of hydrogen-bond acceptors (Lipinski definition) is 2. The van der Waals surface area contributed by atoms with Gasteiger partial charge in [0.1, 0.15) is 5.82 Å². The monoisotopic (exact) mass is 356 g/mol. The van der Waals surface area contributed by atoms with Gasteiger partial charge in [-0.15, -0.1) is 0 Å². The van der Waals surface area contributed by atoms with Crippen molar-refractivity contribution in [1.82, 2.24) is 0 Å². The van der Waals surface area contributed by atoms with Crippen LogP contribution in [0.4, 0.5) is 15.8 Å². The zero-order valence-electron chi connectivity index (χ0n) is 10.5. The summed E-state index contributed by atoms with van der Waals surface area (Å²) in [7, 11) is 0. The van der Waals surface area contributed by atoms with Gasteiger partial charge in [-0.1, -0.05) is 27.5 Å². The predicted molar refractivity (Wildman–Crippen MR) is 82.7 cm³/mol. The van der Waals surface area contributed by atoms with E-state index in [1.165, 1.54) is 12.1 Å². The van der Waals surface area contributed by atoms with Crippen molar-refractivity contribution >= 4 is 44.8 Å². The summed E-state index contributed by atoms with van der Waals surface area (Å²) in [6, 6.07) is 7.32. The van der Waals surface area contributed by atoms with Crippen molar-refractivity contribution in [2.24, 2.45) is 0 Å². The highest BCUT2D eigenvalue weighted by Crippen LogP contribution is 2.28. The van der Waals surface area contributed by atoms with E-state index in [1.54, 1.807) is 6.07 Å². The number of carbonyl (C=O) groups is 1. The molecule has 0 aliphatic carbocycles. The molecule has 1 amide bonds. The van der Waals surface area contributed by atoms with Crippen LogP contribution in [-0.4, -0.2) is 5.91 Å². The summed E-state index contributed by atoms with van der Waals surface area (Å²) < 4.78 is 13.9. The molecule has 0 saturated heterocycles. The van der Waals surface area contributed by atoms with Crippen LogP contribution >= 0.6 is 27.5 Å². The van der Waals surface area contributed by atoms with Crippen molar-refractivity contribution in [2.45, 2.75) is 6.92 Å². The largest absolute Gasteiger partial charge is 0.397 e. The summed E-state index contributed by atoms with van der Waals surface area (Å²) in [5.41, 5.74) is 7.92. The molecule has 0 heterocycles. The normalized spacial score (nSPS) is 10.4. The van der Waals surface area contributed by atoms with Crippen molar-refractivity contribution in [3.8, 4) is 0 Å². The third-order valence-electron chi connectivity index (χ3n) is 2.75. The molecule has 0 atom stereocenters. The quantitative estimate of drug-likeness (QED) is 0.783. The highest BCUT2D eigenvalue weighted by molar-refractivity contribution is 9.10. The molecule has 0 fully saturated rings. The Morgan fingerprint density at radius 1 is 1.35 bits per heavy atom. The van der Waals surface area contributed by atoms with Gasteiger partial charge in [0.2, 0.25) is 0 Å². The van der Waals surface area contributed by atoms with E-state index in [2.05, 4.69) is 21.2 Å². The first-order chi connectivity index (χ1) is 9.38. The first-order valence-corrected chi connectivity index (χ1v) is 6.87. The van der Waals surface area contributed by atoms with Crippen LogP contribution in [0, 0.1) is 12.7 Å². The number of carbonyl (C=O) groups excluding carboxylic acids is 1. The Labute approximate surface area is 129 Å². The minimum Gasteiger partial charge on any atom is -0.397 e. The summed E-state index contributed by atoms with van der Waals surface area (Å²) in [5, 5.41) is 2.60. The smallest absolute Gasteiger partial charge is 0.255 e. The number of benzene rings is 2. The molecular weight excluding hydrogens is 347 g/mol. The Kier molecular flexibility index (Phi) is 4.30. The molecule has 3 N–H and O–H groups in total. The number of nitrogen functional groups attached to an aromatic ring is 1. The van der Waals surface area contributed by atoms with Gasteiger partial charge in [0.25, 0.3) is 5.91 Å². The third kappa shape index (κ3) is 3.11. The number of anilines is 2. The summed E-state index contributed by atoms with van der Waals surface area (Å²) in [5.74, 6) is -0.966. The lowest BCUT2D eigenvalue weighted by atomic mass is 10.1. The van der Waals surface area contributed by atoms with E-state index in [0.717, 1.165) is 16.1 Å². The molecule has 0 radical (unpaired) electrons. The van der Waals surface area contributed by atoms with Crippen LogP contribution in [0.1, 0.15) is 15.9 Å². The molecule has 6 heteroatoms. The molecule has 0 unspecified atom stereocenters. The zero-order chi connectivity index (χ0) is 14.9. The topological polar surface area (TPSA) is 55.1 Å². The zero-order valence-corrected chi connectivity index (χ0v) is 12.8. The third-order valence-corrected chi connectivity index (χ3v) is 3.50. The lowest BCUT2D eigenvalue weighted by Gasteiger charge is -2.12. The fraction of sp³-hybridized carbons (Fsp3) is 0.0714. The summed E-state index contributed by atoms with van der Waals surface area (Å²) in [6.07, 6.45) is 0. The summed E-state index contributed by atoms with van der Waals surface area (Å²) in [4.78, 5) is 12.1. The van der Waals surface area contributed by atoms with Gasteiger partial charge >= 0.3 is 0 Å². The molecule has 20 heavy (non-hydrogen) atoms.